The molecule has 14 heavy (non-hydrogen) atoms. The van der Waals surface area contributed by atoms with E-state index in [9.17, 15) is 9.59 Å². The van der Waals surface area contributed by atoms with Crippen molar-refractivity contribution in [3.05, 3.63) is 29.1 Å². The van der Waals surface area contributed by atoms with Gasteiger partial charge in [0.2, 0.25) is 11.6 Å². The maximum Gasteiger partial charge on any atom is 0.249 e. The lowest BCUT2D eigenvalue weighted by molar-refractivity contribution is -0.111. The number of aromatic amines is 1. The number of ketones is 2. The van der Waals surface area contributed by atoms with Crippen molar-refractivity contribution in [2.24, 2.45) is 0 Å². The van der Waals surface area contributed by atoms with Crippen molar-refractivity contribution in [3.63, 3.8) is 0 Å². The zero-order valence-electron chi connectivity index (χ0n) is 7.39. The fraction of sp³-hybridized carbons (Fsp3) is 0.200. The zero-order valence-corrected chi connectivity index (χ0v) is 7.39. The van der Waals surface area contributed by atoms with Crippen molar-refractivity contribution < 1.29 is 9.59 Å². The summed E-state index contributed by atoms with van der Waals surface area (Å²) in [5, 5.41) is 3.12. The minimum Gasteiger partial charge on any atom is -0.384 e. The first-order valence-corrected chi connectivity index (χ1v) is 4.52. The number of rotatable bonds is 0. The van der Waals surface area contributed by atoms with Crippen molar-refractivity contribution in [1.82, 2.24) is 10.3 Å². The molecule has 0 spiro atoms. The van der Waals surface area contributed by atoms with Gasteiger partial charge in [-0.25, -0.2) is 0 Å². The second-order valence-corrected chi connectivity index (χ2v) is 3.49. The van der Waals surface area contributed by atoms with Gasteiger partial charge in [0.15, 0.2) is 0 Å². The maximum absolute atomic E-state index is 11.5. The van der Waals surface area contributed by atoms with Crippen LogP contribution in [0.4, 0.5) is 0 Å². The Morgan fingerprint density at radius 3 is 3.00 bits per heavy atom. The van der Waals surface area contributed by atoms with E-state index in [1.165, 1.54) is 6.08 Å². The van der Waals surface area contributed by atoms with Crippen molar-refractivity contribution in [2.45, 2.75) is 6.42 Å². The molecule has 4 heteroatoms. The molecular weight excluding hydrogens is 180 g/mol. The number of hydrogen-bond donors (Lipinski definition) is 2. The molecule has 0 aromatic carbocycles. The summed E-state index contributed by atoms with van der Waals surface area (Å²) in [7, 11) is 0. The van der Waals surface area contributed by atoms with E-state index in [2.05, 4.69) is 10.3 Å². The van der Waals surface area contributed by atoms with Crippen LogP contribution in [0.25, 0.3) is 5.70 Å². The molecule has 0 amide bonds. The molecule has 2 N–H and O–H groups in total. The van der Waals surface area contributed by atoms with Gasteiger partial charge in [0.25, 0.3) is 0 Å². The van der Waals surface area contributed by atoms with Gasteiger partial charge >= 0.3 is 0 Å². The van der Waals surface area contributed by atoms with Gasteiger partial charge in [0.1, 0.15) is 5.69 Å². The van der Waals surface area contributed by atoms with E-state index in [1.54, 1.807) is 0 Å². The summed E-state index contributed by atoms with van der Waals surface area (Å²) in [5.41, 5.74) is 3.23. The summed E-state index contributed by atoms with van der Waals surface area (Å²) in [5.74, 6) is -0.881. The highest BCUT2D eigenvalue weighted by Gasteiger charge is 2.30. The van der Waals surface area contributed by atoms with Gasteiger partial charge < -0.3 is 10.3 Å². The molecule has 0 unspecified atom stereocenters. The quantitative estimate of drug-likeness (QED) is 0.574. The summed E-state index contributed by atoms with van der Waals surface area (Å²) in [6.07, 6.45) is 4.10. The Kier molecular flexibility index (Phi) is 1.27. The maximum atomic E-state index is 11.5. The highest BCUT2D eigenvalue weighted by atomic mass is 16.2. The van der Waals surface area contributed by atoms with Gasteiger partial charge in [-0.3, -0.25) is 9.59 Å². The molecule has 1 aromatic rings. The van der Waals surface area contributed by atoms with Crippen molar-refractivity contribution >= 4 is 17.3 Å². The van der Waals surface area contributed by atoms with Crippen LogP contribution in [0.5, 0.6) is 0 Å². The smallest absolute Gasteiger partial charge is 0.249 e. The van der Waals surface area contributed by atoms with Gasteiger partial charge in [0, 0.05) is 30.1 Å². The Morgan fingerprint density at radius 1 is 1.29 bits per heavy atom. The normalized spacial score (nSPS) is 18.7. The molecule has 1 aliphatic heterocycles. The summed E-state index contributed by atoms with van der Waals surface area (Å²) in [6.45, 7) is 0.817. The molecule has 2 aliphatic rings. The predicted octanol–water partition coefficient (Wildman–Crippen LogP) is 0.267. The van der Waals surface area contributed by atoms with Crippen LogP contribution in [-0.4, -0.2) is 23.1 Å². The number of nitrogens with one attached hydrogen (secondary N) is 2. The van der Waals surface area contributed by atoms with Gasteiger partial charge in [-0.05, 0) is 12.0 Å². The Bertz CT molecular complexity index is 482. The van der Waals surface area contributed by atoms with Crippen molar-refractivity contribution in [1.29, 1.82) is 0 Å². The predicted molar refractivity (Wildman–Crippen MR) is 49.8 cm³/mol. The Balaban J connectivity index is 2.33. The van der Waals surface area contributed by atoms with E-state index in [-0.39, 0.29) is 0 Å². The van der Waals surface area contributed by atoms with Gasteiger partial charge in [-0.15, -0.1) is 0 Å². The second kappa shape index (κ2) is 2.35. The molecule has 1 aromatic heterocycles. The largest absolute Gasteiger partial charge is 0.384 e. The zero-order chi connectivity index (χ0) is 9.71. The summed E-state index contributed by atoms with van der Waals surface area (Å²) in [4.78, 5) is 25.6. The SMILES string of the molecule is O=C1C=C2NCCc3c[nH]c(c32)C1=O. The first-order chi connectivity index (χ1) is 6.77. The fourth-order valence-electron chi connectivity index (χ4n) is 2.01. The molecule has 0 bridgehead atoms. The van der Waals surface area contributed by atoms with Crippen LogP contribution < -0.4 is 5.32 Å². The molecule has 0 radical (unpaired) electrons. The van der Waals surface area contributed by atoms with Gasteiger partial charge in [-0.2, -0.15) is 0 Å². The first kappa shape index (κ1) is 7.55. The number of aromatic nitrogens is 1. The molecular formula is C10H8N2O2. The molecule has 0 atom stereocenters. The molecule has 2 heterocycles. The fourth-order valence-corrected chi connectivity index (χ4v) is 2.01. The second-order valence-electron chi connectivity index (χ2n) is 3.49. The third-order valence-electron chi connectivity index (χ3n) is 2.67. The highest BCUT2D eigenvalue weighted by molar-refractivity contribution is 6.50. The Morgan fingerprint density at radius 2 is 2.14 bits per heavy atom. The molecule has 70 valence electrons. The van der Waals surface area contributed by atoms with Crippen LogP contribution in [0.1, 0.15) is 21.6 Å². The van der Waals surface area contributed by atoms with Crippen LogP contribution in [0, 0.1) is 0 Å². The minimum atomic E-state index is -0.449. The van der Waals surface area contributed by atoms with Crippen LogP contribution in [0.2, 0.25) is 0 Å². The highest BCUT2D eigenvalue weighted by Crippen LogP contribution is 2.29. The first-order valence-electron chi connectivity index (χ1n) is 4.52. The van der Waals surface area contributed by atoms with Crippen molar-refractivity contribution in [3.8, 4) is 0 Å². The van der Waals surface area contributed by atoms with Crippen LogP contribution >= 0.6 is 0 Å². The Hall–Kier alpha value is -1.84. The molecule has 1 aliphatic carbocycles. The third kappa shape index (κ3) is 0.775. The molecule has 0 saturated heterocycles. The van der Waals surface area contributed by atoms with E-state index < -0.39 is 11.6 Å². The molecule has 3 rings (SSSR count). The van der Waals surface area contributed by atoms with E-state index in [0.717, 1.165) is 29.8 Å². The standard InChI is InChI=1S/C10H8N2O2/c13-7-3-6-8-5(1-2-11-6)4-12-9(8)10(7)14/h3-4,11-12H,1-2H2. The molecule has 0 saturated carbocycles. The monoisotopic (exact) mass is 188 g/mol. The van der Waals surface area contributed by atoms with Crippen LogP contribution in [0.15, 0.2) is 12.3 Å². The lowest BCUT2D eigenvalue weighted by atomic mass is 9.93. The average Bonchev–Trinajstić information content (AvgIpc) is 2.60. The van der Waals surface area contributed by atoms with Crippen molar-refractivity contribution in [2.75, 3.05) is 6.54 Å². The van der Waals surface area contributed by atoms with Gasteiger partial charge in [0.05, 0.1) is 0 Å². The Labute approximate surface area is 80.0 Å². The van der Waals surface area contributed by atoms with E-state index in [0.29, 0.717) is 5.69 Å². The topological polar surface area (TPSA) is 62.0 Å². The number of hydrogen-bond acceptors (Lipinski definition) is 3. The number of carbonyl (C=O) groups is 2. The number of Topliss-reactive ketones (excluding diaryl/α,β-unsaturated/α-hetero) is 1. The number of allylic oxidation sites excluding steroid dienone is 1. The summed E-state index contributed by atoms with van der Waals surface area (Å²) in [6, 6.07) is 0. The molecule has 0 fully saturated rings. The van der Waals surface area contributed by atoms with E-state index in [4.69, 9.17) is 0 Å². The van der Waals surface area contributed by atoms with Crippen LogP contribution in [-0.2, 0) is 11.2 Å². The summed E-state index contributed by atoms with van der Waals surface area (Å²) >= 11 is 0. The average molecular weight is 188 g/mol. The lowest BCUT2D eigenvalue weighted by Gasteiger charge is -2.20. The third-order valence-corrected chi connectivity index (χ3v) is 2.67. The lowest BCUT2D eigenvalue weighted by Crippen LogP contribution is -2.29. The number of H-pyrrole nitrogens is 1. The summed E-state index contributed by atoms with van der Waals surface area (Å²) < 4.78 is 0. The molecule has 4 nitrogen and oxygen atoms in total. The minimum absolute atomic E-state index is 0.432. The number of carbonyl (C=O) groups excluding carboxylic acids is 2. The van der Waals surface area contributed by atoms with Crippen LogP contribution in [0.3, 0.4) is 0 Å². The van der Waals surface area contributed by atoms with Gasteiger partial charge in [-0.1, -0.05) is 0 Å². The van der Waals surface area contributed by atoms with E-state index in [1.807, 2.05) is 6.20 Å². The van der Waals surface area contributed by atoms with E-state index >= 15 is 0 Å².